The monoisotopic (exact) mass is 227 g/mol. The van der Waals surface area contributed by atoms with Crippen LogP contribution in [-0.2, 0) is 9.84 Å². The Morgan fingerprint density at radius 2 is 1.87 bits per heavy atom. The second-order valence-corrected chi connectivity index (χ2v) is 5.86. The van der Waals surface area contributed by atoms with E-state index in [0.29, 0.717) is 6.42 Å². The summed E-state index contributed by atoms with van der Waals surface area (Å²) in [6, 6.07) is 8.90. The molecule has 0 amide bonds. The molecule has 3 nitrogen and oxygen atoms in total. The van der Waals surface area contributed by atoms with Crippen LogP contribution in [-0.4, -0.2) is 19.9 Å². The summed E-state index contributed by atoms with van der Waals surface area (Å²) < 4.78 is 23.1. The van der Waals surface area contributed by atoms with Crippen LogP contribution < -0.4 is 5.73 Å². The molecule has 84 valence electrons. The highest BCUT2D eigenvalue weighted by Gasteiger charge is 2.16. The van der Waals surface area contributed by atoms with Gasteiger partial charge in [0.1, 0.15) is 0 Å². The quantitative estimate of drug-likeness (QED) is 0.829. The number of hydrogen-bond donors (Lipinski definition) is 1. The lowest BCUT2D eigenvalue weighted by molar-refractivity contribution is 0.587. The van der Waals surface area contributed by atoms with Crippen LogP contribution in [0.1, 0.15) is 24.9 Å². The third kappa shape index (κ3) is 4.01. The average Bonchev–Trinajstić information content (AvgIpc) is 2.18. The molecule has 0 fully saturated rings. The van der Waals surface area contributed by atoms with E-state index in [-0.39, 0.29) is 11.5 Å². The topological polar surface area (TPSA) is 60.2 Å². The SMILES string of the molecule is CCCS(=O)(=O)CC(N)c1ccccc1. The molecule has 2 N–H and O–H groups in total. The summed E-state index contributed by atoms with van der Waals surface area (Å²) in [5, 5.41) is 0. The van der Waals surface area contributed by atoms with Gasteiger partial charge >= 0.3 is 0 Å². The van der Waals surface area contributed by atoms with Crippen molar-refractivity contribution in [3.8, 4) is 0 Å². The lowest BCUT2D eigenvalue weighted by Crippen LogP contribution is -2.23. The minimum Gasteiger partial charge on any atom is -0.323 e. The van der Waals surface area contributed by atoms with E-state index < -0.39 is 15.9 Å². The standard InChI is InChI=1S/C11H17NO2S/c1-2-8-15(13,14)9-11(12)10-6-4-3-5-7-10/h3-7,11H,2,8-9,12H2,1H3. The van der Waals surface area contributed by atoms with Gasteiger partial charge in [-0.05, 0) is 12.0 Å². The first-order valence-corrected chi connectivity index (χ1v) is 6.88. The lowest BCUT2D eigenvalue weighted by atomic mass is 10.1. The van der Waals surface area contributed by atoms with Gasteiger partial charge in [-0.3, -0.25) is 0 Å². The van der Waals surface area contributed by atoms with Gasteiger partial charge in [0.15, 0.2) is 9.84 Å². The van der Waals surface area contributed by atoms with Crippen LogP contribution in [0.4, 0.5) is 0 Å². The van der Waals surface area contributed by atoms with Crippen LogP contribution in [0.3, 0.4) is 0 Å². The molecule has 1 atom stereocenters. The van der Waals surface area contributed by atoms with Crippen LogP contribution in [0.2, 0.25) is 0 Å². The van der Waals surface area contributed by atoms with E-state index in [2.05, 4.69) is 0 Å². The van der Waals surface area contributed by atoms with Crippen LogP contribution >= 0.6 is 0 Å². The normalized spacial score (nSPS) is 13.7. The molecule has 0 aliphatic rings. The van der Waals surface area contributed by atoms with E-state index in [1.54, 1.807) is 0 Å². The fourth-order valence-corrected chi connectivity index (χ4v) is 2.99. The van der Waals surface area contributed by atoms with Crippen LogP contribution in [0.15, 0.2) is 30.3 Å². The fourth-order valence-electron chi connectivity index (χ4n) is 1.46. The smallest absolute Gasteiger partial charge is 0.152 e. The average molecular weight is 227 g/mol. The van der Waals surface area contributed by atoms with Gasteiger partial charge in [-0.25, -0.2) is 8.42 Å². The predicted molar refractivity (Wildman–Crippen MR) is 62.3 cm³/mol. The van der Waals surface area contributed by atoms with Crippen molar-refractivity contribution in [2.75, 3.05) is 11.5 Å². The number of rotatable bonds is 5. The van der Waals surface area contributed by atoms with Crippen molar-refractivity contribution in [3.05, 3.63) is 35.9 Å². The summed E-state index contributed by atoms with van der Waals surface area (Å²) in [5.41, 5.74) is 6.70. The first-order chi connectivity index (χ1) is 7.05. The summed E-state index contributed by atoms with van der Waals surface area (Å²) in [4.78, 5) is 0. The van der Waals surface area contributed by atoms with Crippen molar-refractivity contribution in [2.24, 2.45) is 5.73 Å². The van der Waals surface area contributed by atoms with Crippen LogP contribution in [0.5, 0.6) is 0 Å². The predicted octanol–water partition coefficient (Wildman–Crippen LogP) is 1.51. The Morgan fingerprint density at radius 3 is 2.40 bits per heavy atom. The zero-order chi connectivity index (χ0) is 11.3. The maximum absolute atomic E-state index is 11.5. The van der Waals surface area contributed by atoms with Crippen molar-refractivity contribution in [1.29, 1.82) is 0 Å². The Kier molecular flexibility index (Phi) is 4.29. The molecule has 0 saturated carbocycles. The maximum atomic E-state index is 11.5. The minimum absolute atomic E-state index is 0.0326. The first-order valence-electron chi connectivity index (χ1n) is 5.06. The summed E-state index contributed by atoms with van der Waals surface area (Å²) in [7, 11) is -3.00. The fraction of sp³-hybridized carbons (Fsp3) is 0.455. The highest BCUT2D eigenvalue weighted by Crippen LogP contribution is 2.12. The maximum Gasteiger partial charge on any atom is 0.152 e. The molecule has 0 spiro atoms. The van der Waals surface area contributed by atoms with Gasteiger partial charge in [-0.1, -0.05) is 37.3 Å². The zero-order valence-electron chi connectivity index (χ0n) is 8.89. The highest BCUT2D eigenvalue weighted by molar-refractivity contribution is 7.91. The molecule has 1 aromatic rings. The van der Waals surface area contributed by atoms with Gasteiger partial charge < -0.3 is 5.73 Å². The van der Waals surface area contributed by atoms with E-state index >= 15 is 0 Å². The molecular weight excluding hydrogens is 210 g/mol. The van der Waals surface area contributed by atoms with E-state index in [1.165, 1.54) is 0 Å². The molecule has 1 rings (SSSR count). The Morgan fingerprint density at radius 1 is 1.27 bits per heavy atom. The Balaban J connectivity index is 2.68. The second kappa shape index (κ2) is 5.28. The van der Waals surface area contributed by atoms with Crippen LogP contribution in [0, 0.1) is 0 Å². The van der Waals surface area contributed by atoms with Crippen LogP contribution in [0.25, 0.3) is 0 Å². The molecule has 0 heterocycles. The molecule has 1 unspecified atom stereocenters. The van der Waals surface area contributed by atoms with E-state index in [1.807, 2.05) is 37.3 Å². The van der Waals surface area contributed by atoms with Crippen molar-refractivity contribution in [2.45, 2.75) is 19.4 Å². The molecule has 0 bridgehead atoms. The first kappa shape index (κ1) is 12.2. The summed E-state index contributed by atoms with van der Waals surface area (Å²) in [6.07, 6.45) is 0.643. The minimum atomic E-state index is -3.00. The molecule has 0 aromatic heterocycles. The molecular formula is C11H17NO2S. The third-order valence-corrected chi connectivity index (χ3v) is 4.07. The summed E-state index contributed by atoms with van der Waals surface area (Å²) in [6.45, 7) is 1.85. The number of hydrogen-bond acceptors (Lipinski definition) is 3. The number of sulfone groups is 1. The number of nitrogens with two attached hydrogens (primary N) is 1. The molecule has 0 aliphatic carbocycles. The van der Waals surface area contributed by atoms with E-state index in [9.17, 15) is 8.42 Å². The highest BCUT2D eigenvalue weighted by atomic mass is 32.2. The van der Waals surface area contributed by atoms with Crippen molar-refractivity contribution in [1.82, 2.24) is 0 Å². The van der Waals surface area contributed by atoms with Crippen molar-refractivity contribution < 1.29 is 8.42 Å². The Bertz CT molecular complexity index is 386. The molecule has 0 saturated heterocycles. The van der Waals surface area contributed by atoms with Gasteiger partial charge in [-0.2, -0.15) is 0 Å². The van der Waals surface area contributed by atoms with Gasteiger partial charge in [0.05, 0.1) is 5.75 Å². The van der Waals surface area contributed by atoms with Gasteiger partial charge in [-0.15, -0.1) is 0 Å². The van der Waals surface area contributed by atoms with Gasteiger partial charge in [0.2, 0.25) is 0 Å². The van der Waals surface area contributed by atoms with E-state index in [0.717, 1.165) is 5.56 Å². The zero-order valence-corrected chi connectivity index (χ0v) is 9.70. The molecule has 0 radical (unpaired) electrons. The van der Waals surface area contributed by atoms with Gasteiger partial charge in [0.25, 0.3) is 0 Å². The molecule has 4 heteroatoms. The second-order valence-electron chi connectivity index (χ2n) is 3.63. The summed E-state index contributed by atoms with van der Waals surface area (Å²) >= 11 is 0. The molecule has 15 heavy (non-hydrogen) atoms. The molecule has 0 aliphatic heterocycles. The number of benzene rings is 1. The molecule has 1 aromatic carbocycles. The third-order valence-electron chi connectivity index (χ3n) is 2.18. The largest absolute Gasteiger partial charge is 0.323 e. The van der Waals surface area contributed by atoms with Gasteiger partial charge in [0, 0.05) is 11.8 Å². The van der Waals surface area contributed by atoms with Crippen molar-refractivity contribution >= 4 is 9.84 Å². The van der Waals surface area contributed by atoms with Crippen molar-refractivity contribution in [3.63, 3.8) is 0 Å². The Labute approximate surface area is 91.2 Å². The Hall–Kier alpha value is -0.870. The lowest BCUT2D eigenvalue weighted by Gasteiger charge is -2.11. The summed E-state index contributed by atoms with van der Waals surface area (Å²) in [5.74, 6) is 0.248. The van der Waals surface area contributed by atoms with E-state index in [4.69, 9.17) is 5.73 Å².